The second-order valence-electron chi connectivity index (χ2n) is 4.93. The third-order valence-electron chi connectivity index (χ3n) is 3.50. The Bertz CT molecular complexity index is 647. The maximum Gasteiger partial charge on any atom is 0.338 e. The number of rotatable bonds is 5. The molecule has 0 amide bonds. The van der Waals surface area contributed by atoms with Gasteiger partial charge in [0, 0.05) is 30.5 Å². The second-order valence-corrected chi connectivity index (χ2v) is 4.93. The third-order valence-corrected chi connectivity index (χ3v) is 3.50. The maximum atomic E-state index is 11.7. The summed E-state index contributed by atoms with van der Waals surface area (Å²) in [6, 6.07) is 7.34. The van der Waals surface area contributed by atoms with Crippen molar-refractivity contribution in [3.63, 3.8) is 0 Å². The van der Waals surface area contributed by atoms with Gasteiger partial charge < -0.3 is 10.1 Å². The van der Waals surface area contributed by atoms with Crippen LogP contribution in [0.15, 0.2) is 24.3 Å². The number of hydrogen-bond acceptors (Lipinski definition) is 4. The van der Waals surface area contributed by atoms with Crippen LogP contribution in [-0.2, 0) is 18.3 Å². The van der Waals surface area contributed by atoms with Gasteiger partial charge in [0.1, 0.15) is 0 Å². The smallest absolute Gasteiger partial charge is 0.338 e. The van der Waals surface area contributed by atoms with Gasteiger partial charge in [0.25, 0.3) is 0 Å². The van der Waals surface area contributed by atoms with Gasteiger partial charge in [-0.2, -0.15) is 5.10 Å². The lowest BCUT2D eigenvalue weighted by Crippen LogP contribution is -2.06. The Labute approximate surface area is 124 Å². The zero-order chi connectivity index (χ0) is 15.4. The summed E-state index contributed by atoms with van der Waals surface area (Å²) >= 11 is 0. The molecule has 1 N–H and O–H groups in total. The summed E-state index contributed by atoms with van der Waals surface area (Å²) < 4.78 is 6.88. The van der Waals surface area contributed by atoms with Crippen LogP contribution in [0, 0.1) is 13.8 Å². The molecule has 2 aromatic rings. The molecule has 0 saturated carbocycles. The number of nitrogens with zero attached hydrogens (tertiary/aromatic N) is 2. The van der Waals surface area contributed by atoms with E-state index < -0.39 is 0 Å². The van der Waals surface area contributed by atoms with Crippen molar-refractivity contribution in [2.75, 3.05) is 11.9 Å². The Morgan fingerprint density at radius 3 is 2.76 bits per heavy atom. The largest absolute Gasteiger partial charge is 0.462 e. The predicted octanol–water partition coefficient (Wildman–Crippen LogP) is 2.83. The summed E-state index contributed by atoms with van der Waals surface area (Å²) in [4.78, 5) is 11.7. The maximum absolute atomic E-state index is 11.7. The quantitative estimate of drug-likeness (QED) is 0.859. The highest BCUT2D eigenvalue weighted by molar-refractivity contribution is 5.90. The molecule has 0 fully saturated rings. The minimum absolute atomic E-state index is 0.296. The van der Waals surface area contributed by atoms with Gasteiger partial charge in [-0.3, -0.25) is 4.68 Å². The standard InChI is InChI=1S/C16H21N3O2/c1-5-21-16(20)13-7-6-8-14(9-13)17-10-15-11(2)18-19(4)12(15)3/h6-9,17H,5,10H2,1-4H3. The number of nitrogens with one attached hydrogen (secondary N) is 1. The van der Waals surface area contributed by atoms with E-state index in [1.54, 1.807) is 19.1 Å². The van der Waals surface area contributed by atoms with Gasteiger partial charge in [-0.25, -0.2) is 4.79 Å². The lowest BCUT2D eigenvalue weighted by Gasteiger charge is -2.09. The molecule has 0 aliphatic heterocycles. The number of aryl methyl sites for hydroxylation is 2. The third kappa shape index (κ3) is 3.42. The van der Waals surface area contributed by atoms with Crippen molar-refractivity contribution < 1.29 is 9.53 Å². The Kier molecular flexibility index (Phi) is 4.62. The number of benzene rings is 1. The molecule has 0 bridgehead atoms. The van der Waals surface area contributed by atoms with Gasteiger partial charge in [-0.05, 0) is 39.0 Å². The molecule has 0 aliphatic carbocycles. The average molecular weight is 287 g/mol. The summed E-state index contributed by atoms with van der Waals surface area (Å²) in [5.74, 6) is -0.296. The number of aromatic nitrogens is 2. The van der Waals surface area contributed by atoms with Crippen molar-refractivity contribution in [2.24, 2.45) is 7.05 Å². The molecule has 2 rings (SSSR count). The molecule has 1 heterocycles. The number of esters is 1. The average Bonchev–Trinajstić information content (AvgIpc) is 2.71. The van der Waals surface area contributed by atoms with Crippen LogP contribution >= 0.6 is 0 Å². The molecule has 21 heavy (non-hydrogen) atoms. The molecule has 0 radical (unpaired) electrons. The SMILES string of the molecule is CCOC(=O)c1cccc(NCc2c(C)nn(C)c2C)c1. The van der Waals surface area contributed by atoms with Crippen LogP contribution in [0.5, 0.6) is 0 Å². The van der Waals surface area contributed by atoms with Gasteiger partial charge in [-0.15, -0.1) is 0 Å². The van der Waals surface area contributed by atoms with Crippen molar-refractivity contribution in [1.29, 1.82) is 0 Å². The van der Waals surface area contributed by atoms with Gasteiger partial charge >= 0.3 is 5.97 Å². The molecule has 0 unspecified atom stereocenters. The number of anilines is 1. The molecule has 112 valence electrons. The Morgan fingerprint density at radius 1 is 1.38 bits per heavy atom. The zero-order valence-corrected chi connectivity index (χ0v) is 12.9. The molecule has 1 aromatic carbocycles. The van der Waals surface area contributed by atoms with Crippen LogP contribution in [0.4, 0.5) is 5.69 Å². The van der Waals surface area contributed by atoms with Gasteiger partial charge in [0.2, 0.25) is 0 Å². The van der Waals surface area contributed by atoms with E-state index in [-0.39, 0.29) is 5.97 Å². The number of carbonyl (C=O) groups excluding carboxylic acids is 1. The van der Waals surface area contributed by atoms with Crippen LogP contribution in [0.2, 0.25) is 0 Å². The Morgan fingerprint density at radius 2 is 2.14 bits per heavy atom. The van der Waals surface area contributed by atoms with E-state index in [0.717, 1.165) is 17.1 Å². The minimum Gasteiger partial charge on any atom is -0.462 e. The van der Waals surface area contributed by atoms with Crippen molar-refractivity contribution >= 4 is 11.7 Å². The highest BCUT2D eigenvalue weighted by Gasteiger charge is 2.10. The number of hydrogen-bond donors (Lipinski definition) is 1. The minimum atomic E-state index is -0.296. The first-order valence-electron chi connectivity index (χ1n) is 7.03. The molecule has 0 atom stereocenters. The Balaban J connectivity index is 2.10. The Hall–Kier alpha value is -2.30. The first-order chi connectivity index (χ1) is 10.0. The van der Waals surface area contributed by atoms with E-state index in [0.29, 0.717) is 18.7 Å². The zero-order valence-electron chi connectivity index (χ0n) is 12.9. The summed E-state index contributed by atoms with van der Waals surface area (Å²) in [5.41, 5.74) is 4.79. The van der Waals surface area contributed by atoms with E-state index in [4.69, 9.17) is 4.74 Å². The van der Waals surface area contributed by atoms with E-state index in [2.05, 4.69) is 10.4 Å². The lowest BCUT2D eigenvalue weighted by atomic mass is 10.1. The lowest BCUT2D eigenvalue weighted by molar-refractivity contribution is 0.0526. The first-order valence-corrected chi connectivity index (χ1v) is 7.03. The van der Waals surface area contributed by atoms with Gasteiger partial charge in [-0.1, -0.05) is 6.07 Å². The molecule has 5 nitrogen and oxygen atoms in total. The summed E-state index contributed by atoms with van der Waals surface area (Å²) in [6.45, 7) is 6.90. The van der Waals surface area contributed by atoms with Crippen molar-refractivity contribution in [3.8, 4) is 0 Å². The van der Waals surface area contributed by atoms with Crippen LogP contribution in [-0.4, -0.2) is 22.4 Å². The molecule has 0 saturated heterocycles. The summed E-state index contributed by atoms with van der Waals surface area (Å²) in [6.07, 6.45) is 0. The molecule has 5 heteroatoms. The fourth-order valence-electron chi connectivity index (χ4n) is 2.23. The number of carbonyl (C=O) groups is 1. The summed E-state index contributed by atoms with van der Waals surface area (Å²) in [7, 11) is 1.94. The van der Waals surface area contributed by atoms with Crippen LogP contribution in [0.25, 0.3) is 0 Å². The van der Waals surface area contributed by atoms with E-state index in [9.17, 15) is 4.79 Å². The highest BCUT2D eigenvalue weighted by atomic mass is 16.5. The fraction of sp³-hybridized carbons (Fsp3) is 0.375. The monoisotopic (exact) mass is 287 g/mol. The van der Waals surface area contributed by atoms with E-state index in [1.807, 2.05) is 37.7 Å². The molecule has 1 aromatic heterocycles. The topological polar surface area (TPSA) is 56.1 Å². The fourth-order valence-corrected chi connectivity index (χ4v) is 2.23. The predicted molar refractivity (Wildman–Crippen MR) is 82.4 cm³/mol. The van der Waals surface area contributed by atoms with Gasteiger partial charge in [0.05, 0.1) is 17.9 Å². The van der Waals surface area contributed by atoms with Crippen molar-refractivity contribution in [3.05, 3.63) is 46.8 Å². The van der Waals surface area contributed by atoms with Crippen LogP contribution in [0.3, 0.4) is 0 Å². The molecule has 0 spiro atoms. The van der Waals surface area contributed by atoms with Crippen LogP contribution in [0.1, 0.15) is 34.2 Å². The van der Waals surface area contributed by atoms with Gasteiger partial charge in [0.15, 0.2) is 0 Å². The molecular formula is C16H21N3O2. The normalized spacial score (nSPS) is 10.5. The molecular weight excluding hydrogens is 266 g/mol. The number of ether oxygens (including phenoxy) is 1. The van der Waals surface area contributed by atoms with Crippen molar-refractivity contribution in [1.82, 2.24) is 9.78 Å². The van der Waals surface area contributed by atoms with Crippen LogP contribution < -0.4 is 5.32 Å². The van der Waals surface area contributed by atoms with E-state index >= 15 is 0 Å². The highest BCUT2D eigenvalue weighted by Crippen LogP contribution is 2.16. The summed E-state index contributed by atoms with van der Waals surface area (Å²) in [5, 5.41) is 7.73. The first kappa shape index (κ1) is 15.1. The van der Waals surface area contributed by atoms with E-state index in [1.165, 1.54) is 5.56 Å². The second kappa shape index (κ2) is 6.43. The molecule has 0 aliphatic rings. The van der Waals surface area contributed by atoms with Crippen molar-refractivity contribution in [2.45, 2.75) is 27.3 Å².